The number of hydrogen-bond acceptors (Lipinski definition) is 16. The van der Waals surface area contributed by atoms with E-state index < -0.39 is 68.7 Å². The monoisotopic (exact) mass is 963 g/mol. The number of unbranched alkanes of at least 4 members (excludes halogenated alkanes) is 1. The maximum absolute atomic E-state index is 14.2. The lowest BCUT2D eigenvalue weighted by Crippen LogP contribution is -2.28. The van der Waals surface area contributed by atoms with Gasteiger partial charge in [-0.25, -0.2) is 24.0 Å². The third kappa shape index (κ3) is 18.8. The molecule has 0 atom stereocenters. The molecule has 70 heavy (non-hydrogen) atoms. The maximum atomic E-state index is 14.2. The van der Waals surface area contributed by atoms with Crippen molar-refractivity contribution in [1.82, 2.24) is 15.0 Å². The van der Waals surface area contributed by atoms with Crippen LogP contribution in [0.25, 0.3) is 11.4 Å². The van der Waals surface area contributed by atoms with Gasteiger partial charge in [0.1, 0.15) is 0 Å². The van der Waals surface area contributed by atoms with Crippen LogP contribution in [0.5, 0.6) is 6.01 Å². The zero-order chi connectivity index (χ0) is 51.9. The normalized spacial score (nSPS) is 11.6. The van der Waals surface area contributed by atoms with Crippen LogP contribution in [0.15, 0.2) is 96.1 Å². The molecule has 376 valence electrons. The standard InChI is InChI=1S/C54H70N6O10/c1-14-15-30-55-38-28-26-37(27-29-38)43(61)70-50-59-48(56-41(35-22-18-16-19-23-35)39(44(62)66-31-51(2,3)4)45(63)67-32-52(5,6)7)58-49(60-50)57-42(36-24-20-17-21-25-36)40(46(64)68-33-53(8,9)10)47(65)69-34-54(11,12)13/h16-29,55H,14-15,30-34H2,1-13H3,(H2,56,57,58,59,60). The summed E-state index contributed by atoms with van der Waals surface area (Å²) in [6.07, 6.45) is 1.98. The molecule has 0 aliphatic carbocycles. The van der Waals surface area contributed by atoms with Gasteiger partial charge in [-0.1, -0.05) is 157 Å². The molecule has 0 fully saturated rings. The molecule has 0 saturated heterocycles. The largest absolute Gasteiger partial charge is 0.461 e. The molecule has 3 N–H and O–H groups in total. The van der Waals surface area contributed by atoms with Crippen LogP contribution in [-0.4, -0.2) is 77.8 Å². The number of nitrogens with one attached hydrogen (secondary N) is 3. The summed E-state index contributed by atoms with van der Waals surface area (Å²) in [5.74, 6) is -5.50. The molecule has 1 aromatic heterocycles. The van der Waals surface area contributed by atoms with Crippen molar-refractivity contribution < 1.29 is 47.7 Å². The van der Waals surface area contributed by atoms with E-state index in [1.165, 1.54) is 0 Å². The van der Waals surface area contributed by atoms with Crippen molar-refractivity contribution in [2.75, 3.05) is 48.9 Å². The van der Waals surface area contributed by atoms with Crippen molar-refractivity contribution in [1.29, 1.82) is 0 Å². The second-order valence-corrected chi connectivity index (χ2v) is 21.5. The van der Waals surface area contributed by atoms with Crippen LogP contribution in [-0.2, 0) is 38.1 Å². The minimum absolute atomic E-state index is 0.0486. The molecule has 1 heterocycles. The molecular formula is C54H70N6O10. The highest BCUT2D eigenvalue weighted by atomic mass is 16.6. The number of rotatable bonds is 20. The number of aromatic nitrogens is 3. The minimum Gasteiger partial charge on any atom is -0.461 e. The van der Waals surface area contributed by atoms with Crippen molar-refractivity contribution in [3.8, 4) is 6.01 Å². The highest BCUT2D eigenvalue weighted by Crippen LogP contribution is 2.29. The average Bonchev–Trinajstić information content (AvgIpc) is 3.28. The number of carbonyl (C=O) groups excluding carboxylic acids is 5. The third-order valence-electron chi connectivity index (χ3n) is 9.24. The summed E-state index contributed by atoms with van der Waals surface area (Å²) in [7, 11) is 0. The molecule has 0 saturated carbocycles. The molecule has 0 amide bonds. The number of esters is 5. The first-order chi connectivity index (χ1) is 32.7. The van der Waals surface area contributed by atoms with E-state index in [1.54, 1.807) is 84.9 Å². The first-order valence-electron chi connectivity index (χ1n) is 23.4. The SMILES string of the molecule is CCCCNc1ccc(C(=O)Oc2nc(NC(=C(C(=O)OCC(C)(C)C)C(=O)OCC(C)(C)C)c3ccccc3)nc(NC(=C(C(=O)OCC(C)(C)C)C(=O)OCC(C)(C)C)c3ccccc3)n2)cc1. The van der Waals surface area contributed by atoms with E-state index in [4.69, 9.17) is 23.7 Å². The van der Waals surface area contributed by atoms with Crippen LogP contribution in [0, 0.1) is 21.7 Å². The van der Waals surface area contributed by atoms with E-state index in [2.05, 4.69) is 37.8 Å². The van der Waals surface area contributed by atoms with Crippen molar-refractivity contribution in [2.45, 2.75) is 103 Å². The Balaban J connectivity index is 2.02. The van der Waals surface area contributed by atoms with Gasteiger partial charge in [0.2, 0.25) is 11.9 Å². The summed E-state index contributed by atoms with van der Waals surface area (Å²) in [5.41, 5.74) is -1.51. The van der Waals surface area contributed by atoms with E-state index in [1.807, 2.05) is 83.1 Å². The van der Waals surface area contributed by atoms with E-state index >= 15 is 0 Å². The summed E-state index contributed by atoms with van der Waals surface area (Å²) in [6.45, 7) is 25.1. The van der Waals surface area contributed by atoms with Crippen molar-refractivity contribution in [2.24, 2.45) is 21.7 Å². The van der Waals surface area contributed by atoms with Gasteiger partial charge in [-0.15, -0.1) is 0 Å². The van der Waals surface area contributed by atoms with Gasteiger partial charge >= 0.3 is 35.9 Å². The number of hydrogen-bond donors (Lipinski definition) is 3. The smallest absolute Gasteiger partial charge is 0.347 e. The summed E-state index contributed by atoms with van der Waals surface area (Å²) < 4.78 is 28.7. The van der Waals surface area contributed by atoms with Crippen LogP contribution in [0.3, 0.4) is 0 Å². The van der Waals surface area contributed by atoms with Crippen LogP contribution in [0.1, 0.15) is 124 Å². The molecule has 4 aromatic rings. The van der Waals surface area contributed by atoms with Crippen molar-refractivity contribution in [3.05, 3.63) is 113 Å². The van der Waals surface area contributed by atoms with Gasteiger partial charge in [-0.2, -0.15) is 15.0 Å². The Morgan fingerprint density at radius 3 is 1.16 bits per heavy atom. The molecular weight excluding hydrogens is 893 g/mol. The summed E-state index contributed by atoms with van der Waals surface area (Å²) in [6, 6.07) is 23.0. The highest BCUT2D eigenvalue weighted by Gasteiger charge is 2.33. The Labute approximate surface area is 412 Å². The molecule has 3 aromatic carbocycles. The van der Waals surface area contributed by atoms with E-state index in [0.29, 0.717) is 11.1 Å². The Bertz CT molecular complexity index is 2290. The molecule has 0 radical (unpaired) electrons. The molecule has 0 aliphatic rings. The lowest BCUT2D eigenvalue weighted by Gasteiger charge is -2.22. The number of nitrogens with zero attached hydrogens (tertiary/aromatic N) is 3. The minimum atomic E-state index is -0.992. The van der Waals surface area contributed by atoms with Gasteiger partial charge in [0.25, 0.3) is 0 Å². The number of anilines is 3. The van der Waals surface area contributed by atoms with Gasteiger partial charge in [0, 0.05) is 12.2 Å². The summed E-state index contributed by atoms with van der Waals surface area (Å²) in [5, 5.41) is 9.34. The molecule has 0 aliphatic heterocycles. The molecule has 0 bridgehead atoms. The number of carbonyl (C=O) groups is 5. The second-order valence-electron chi connectivity index (χ2n) is 21.5. The predicted molar refractivity (Wildman–Crippen MR) is 270 cm³/mol. The van der Waals surface area contributed by atoms with Gasteiger partial charge in [0.15, 0.2) is 11.1 Å². The fraction of sp³-hybridized carbons (Fsp3) is 0.444. The first kappa shape index (κ1) is 55.5. The lowest BCUT2D eigenvalue weighted by atomic mass is 9.98. The molecule has 16 nitrogen and oxygen atoms in total. The van der Waals surface area contributed by atoms with Crippen LogP contribution >= 0.6 is 0 Å². The quantitative estimate of drug-likeness (QED) is 0.0188. The topological polar surface area (TPSA) is 206 Å². The number of ether oxygens (including phenoxy) is 5. The Hall–Kier alpha value is -7.10. The summed E-state index contributed by atoms with van der Waals surface area (Å²) >= 11 is 0. The van der Waals surface area contributed by atoms with Crippen LogP contribution in [0.2, 0.25) is 0 Å². The summed E-state index contributed by atoms with van der Waals surface area (Å²) in [4.78, 5) is 84.0. The van der Waals surface area contributed by atoms with E-state index in [-0.39, 0.29) is 55.3 Å². The maximum Gasteiger partial charge on any atom is 0.347 e. The van der Waals surface area contributed by atoms with E-state index in [0.717, 1.165) is 25.1 Å². The molecule has 0 spiro atoms. The molecule has 0 unspecified atom stereocenters. The van der Waals surface area contributed by atoms with Gasteiger partial charge < -0.3 is 39.6 Å². The van der Waals surface area contributed by atoms with Crippen molar-refractivity contribution in [3.63, 3.8) is 0 Å². The molecule has 16 heteroatoms. The first-order valence-corrected chi connectivity index (χ1v) is 23.4. The lowest BCUT2D eigenvalue weighted by molar-refractivity contribution is -0.151. The fourth-order valence-corrected chi connectivity index (χ4v) is 5.77. The van der Waals surface area contributed by atoms with Gasteiger partial charge in [-0.05, 0) is 63.5 Å². The fourth-order valence-electron chi connectivity index (χ4n) is 5.77. The Morgan fingerprint density at radius 1 is 0.471 bits per heavy atom. The van der Waals surface area contributed by atoms with Gasteiger partial charge in [-0.3, -0.25) is 0 Å². The van der Waals surface area contributed by atoms with Crippen molar-refractivity contribution >= 4 is 58.8 Å². The Morgan fingerprint density at radius 2 is 0.829 bits per heavy atom. The molecule has 4 rings (SSSR count). The zero-order valence-corrected chi connectivity index (χ0v) is 43.0. The van der Waals surface area contributed by atoms with Crippen LogP contribution in [0.4, 0.5) is 17.6 Å². The van der Waals surface area contributed by atoms with Crippen LogP contribution < -0.4 is 20.7 Å². The second kappa shape index (κ2) is 24.4. The number of benzene rings is 3. The van der Waals surface area contributed by atoms with E-state index in [9.17, 15) is 24.0 Å². The highest BCUT2D eigenvalue weighted by molar-refractivity contribution is 6.22. The van der Waals surface area contributed by atoms with Gasteiger partial charge in [0.05, 0.1) is 43.4 Å². The Kier molecular flexibility index (Phi) is 19.4. The third-order valence-corrected chi connectivity index (χ3v) is 9.24. The average molecular weight is 963 g/mol. The predicted octanol–water partition coefficient (Wildman–Crippen LogP) is 10.3. The zero-order valence-electron chi connectivity index (χ0n) is 43.0.